The number of piperazine rings is 1. The highest BCUT2D eigenvalue weighted by molar-refractivity contribution is 5.30. The molecule has 2 aromatic rings. The quantitative estimate of drug-likeness (QED) is 0.856. The molecule has 1 aromatic carbocycles. The van der Waals surface area contributed by atoms with E-state index >= 15 is 0 Å². The second-order valence-electron chi connectivity index (χ2n) is 7.26. The summed E-state index contributed by atoms with van der Waals surface area (Å²) in [6, 6.07) is 11.4. The number of piperidine rings is 1. The van der Waals surface area contributed by atoms with E-state index in [1.54, 1.807) is 0 Å². The summed E-state index contributed by atoms with van der Waals surface area (Å²) in [5.74, 6) is 1.08. The lowest BCUT2D eigenvalue weighted by Gasteiger charge is -2.46. The molecule has 2 aliphatic heterocycles. The van der Waals surface area contributed by atoms with Gasteiger partial charge in [0.05, 0.1) is 12.4 Å². The Hall–Kier alpha value is -2.01. The predicted molar refractivity (Wildman–Crippen MR) is 97.1 cm³/mol. The van der Waals surface area contributed by atoms with Gasteiger partial charge in [-0.1, -0.05) is 30.3 Å². The number of benzene rings is 1. The van der Waals surface area contributed by atoms with E-state index in [4.69, 9.17) is 0 Å². The van der Waals surface area contributed by atoms with Gasteiger partial charge in [-0.2, -0.15) is 0 Å². The van der Waals surface area contributed by atoms with Crippen LogP contribution in [0.3, 0.4) is 0 Å². The summed E-state index contributed by atoms with van der Waals surface area (Å²) in [7, 11) is 0. The smallest absolute Gasteiger partial charge is 0.225 e. The van der Waals surface area contributed by atoms with Crippen LogP contribution in [0.15, 0.2) is 42.7 Å². The normalized spacial score (nSPS) is 24.1. The number of nitrogens with zero attached hydrogens (tertiary/aromatic N) is 4. The molecule has 0 bridgehead atoms. The third-order valence-corrected chi connectivity index (χ3v) is 5.58. The molecule has 132 valence electrons. The maximum absolute atomic E-state index is 13.0. The van der Waals surface area contributed by atoms with Gasteiger partial charge < -0.3 is 4.90 Å². The van der Waals surface area contributed by atoms with Crippen LogP contribution in [0.4, 0.5) is 10.3 Å². The molecule has 25 heavy (non-hydrogen) atoms. The van der Waals surface area contributed by atoms with Crippen LogP contribution in [-0.4, -0.2) is 47.1 Å². The van der Waals surface area contributed by atoms with Gasteiger partial charge in [-0.05, 0) is 37.2 Å². The average Bonchev–Trinajstić information content (AvgIpc) is 2.67. The zero-order valence-corrected chi connectivity index (χ0v) is 14.5. The van der Waals surface area contributed by atoms with E-state index in [1.165, 1.54) is 50.2 Å². The number of aromatic nitrogens is 2. The van der Waals surface area contributed by atoms with Crippen molar-refractivity contribution in [1.29, 1.82) is 0 Å². The highest BCUT2D eigenvalue weighted by Gasteiger charge is 2.33. The van der Waals surface area contributed by atoms with E-state index < -0.39 is 0 Å². The zero-order valence-electron chi connectivity index (χ0n) is 14.5. The lowest BCUT2D eigenvalue weighted by molar-refractivity contribution is 0.0919. The Morgan fingerprint density at radius 1 is 1.00 bits per heavy atom. The maximum atomic E-state index is 13.0. The van der Waals surface area contributed by atoms with Gasteiger partial charge in [0.15, 0.2) is 5.82 Å². The summed E-state index contributed by atoms with van der Waals surface area (Å²) < 4.78 is 13.0. The second-order valence-corrected chi connectivity index (χ2v) is 7.26. The summed E-state index contributed by atoms with van der Waals surface area (Å²) >= 11 is 0. The Balaban J connectivity index is 1.30. The van der Waals surface area contributed by atoms with Crippen molar-refractivity contribution >= 4 is 5.95 Å². The fraction of sp³-hybridized carbons (Fsp3) is 0.500. The molecule has 2 saturated heterocycles. The summed E-state index contributed by atoms with van der Waals surface area (Å²) in [5.41, 5.74) is 1.45. The zero-order chi connectivity index (χ0) is 17.1. The number of rotatable bonds is 4. The summed E-state index contributed by atoms with van der Waals surface area (Å²) in [6.45, 7) is 4.13. The van der Waals surface area contributed by atoms with Gasteiger partial charge in [-0.15, -0.1) is 0 Å². The highest BCUT2D eigenvalue weighted by atomic mass is 19.1. The van der Waals surface area contributed by atoms with Crippen molar-refractivity contribution in [3.63, 3.8) is 0 Å². The molecule has 0 spiro atoms. The van der Waals surface area contributed by atoms with E-state index in [0.717, 1.165) is 25.6 Å². The van der Waals surface area contributed by atoms with E-state index in [2.05, 4.69) is 50.1 Å². The van der Waals surface area contributed by atoms with Gasteiger partial charge in [0.25, 0.3) is 0 Å². The van der Waals surface area contributed by atoms with Crippen LogP contribution in [0, 0.1) is 11.7 Å². The van der Waals surface area contributed by atoms with E-state index in [0.29, 0.717) is 12.0 Å². The third kappa shape index (κ3) is 3.98. The van der Waals surface area contributed by atoms with E-state index in [1.807, 2.05) is 0 Å². The van der Waals surface area contributed by atoms with Crippen LogP contribution in [0.5, 0.6) is 0 Å². The summed E-state index contributed by atoms with van der Waals surface area (Å²) in [4.78, 5) is 13.1. The molecular weight excluding hydrogens is 315 g/mol. The van der Waals surface area contributed by atoms with Gasteiger partial charge in [0, 0.05) is 32.2 Å². The number of anilines is 1. The van der Waals surface area contributed by atoms with Crippen LogP contribution in [0.25, 0.3) is 0 Å². The molecule has 0 amide bonds. The van der Waals surface area contributed by atoms with Gasteiger partial charge in [-0.25, -0.2) is 14.4 Å². The Morgan fingerprint density at radius 3 is 2.60 bits per heavy atom. The molecule has 3 heterocycles. The minimum Gasteiger partial charge on any atom is -0.338 e. The minimum atomic E-state index is -0.374. The van der Waals surface area contributed by atoms with Crippen LogP contribution in [0.2, 0.25) is 0 Å². The van der Waals surface area contributed by atoms with Crippen LogP contribution in [-0.2, 0) is 6.42 Å². The molecule has 5 heteroatoms. The first-order chi connectivity index (χ1) is 12.3. The van der Waals surface area contributed by atoms with Gasteiger partial charge in [0.1, 0.15) is 0 Å². The van der Waals surface area contributed by atoms with Crippen molar-refractivity contribution in [3.8, 4) is 0 Å². The van der Waals surface area contributed by atoms with Gasteiger partial charge in [-0.3, -0.25) is 4.90 Å². The fourth-order valence-electron chi connectivity index (χ4n) is 4.16. The average molecular weight is 340 g/mol. The van der Waals surface area contributed by atoms with Crippen molar-refractivity contribution in [1.82, 2.24) is 14.9 Å². The first-order valence-electron chi connectivity index (χ1n) is 9.28. The Kier molecular flexibility index (Phi) is 4.92. The molecule has 4 nitrogen and oxygen atoms in total. The summed E-state index contributed by atoms with van der Waals surface area (Å²) in [6.07, 6.45) is 7.51. The number of hydrogen-bond donors (Lipinski definition) is 0. The molecular formula is C20H25FN4. The van der Waals surface area contributed by atoms with E-state index in [-0.39, 0.29) is 5.82 Å². The lowest BCUT2D eigenvalue weighted by atomic mass is 9.87. The van der Waals surface area contributed by atoms with Crippen LogP contribution in [0.1, 0.15) is 24.8 Å². The van der Waals surface area contributed by atoms with Crippen molar-refractivity contribution in [2.45, 2.75) is 31.7 Å². The third-order valence-electron chi connectivity index (χ3n) is 5.58. The van der Waals surface area contributed by atoms with Crippen molar-refractivity contribution in [2.24, 2.45) is 5.92 Å². The molecule has 0 aliphatic carbocycles. The first kappa shape index (κ1) is 16.5. The van der Waals surface area contributed by atoms with Gasteiger partial charge >= 0.3 is 0 Å². The number of halogens is 1. The Morgan fingerprint density at radius 2 is 1.80 bits per heavy atom. The van der Waals surface area contributed by atoms with Crippen molar-refractivity contribution in [2.75, 3.05) is 31.1 Å². The first-order valence-corrected chi connectivity index (χ1v) is 9.28. The molecule has 0 unspecified atom stereocenters. The van der Waals surface area contributed by atoms with Gasteiger partial charge in [0.2, 0.25) is 5.95 Å². The Bertz CT molecular complexity index is 676. The second kappa shape index (κ2) is 7.48. The van der Waals surface area contributed by atoms with Crippen LogP contribution < -0.4 is 4.90 Å². The lowest BCUT2D eigenvalue weighted by Crippen LogP contribution is -2.56. The molecule has 1 aromatic heterocycles. The summed E-state index contributed by atoms with van der Waals surface area (Å²) in [5, 5.41) is 0. The monoisotopic (exact) mass is 340 g/mol. The van der Waals surface area contributed by atoms with Crippen LogP contribution >= 0.6 is 0 Å². The topological polar surface area (TPSA) is 32.3 Å². The number of aryl methyl sites for hydroxylation is 1. The standard InChI is InChI=1S/C20H25FN4/c21-18-12-22-20(23-13-18)25-11-10-24-14-17(8-9-19(24)15-25)7-6-16-4-2-1-3-5-16/h1-5,12-13,17,19H,6-11,14-15H2/t17-,19+/m1/s1. The fourth-order valence-corrected chi connectivity index (χ4v) is 4.16. The molecule has 2 fully saturated rings. The van der Waals surface area contributed by atoms with E-state index in [9.17, 15) is 4.39 Å². The molecule has 0 radical (unpaired) electrons. The predicted octanol–water partition coefficient (Wildman–Crippen LogP) is 3.15. The number of fused-ring (bicyclic) bond motifs is 1. The van der Waals surface area contributed by atoms with Crippen molar-refractivity contribution in [3.05, 3.63) is 54.1 Å². The SMILES string of the molecule is Fc1cnc(N2CCN3C[C@H](CCc4ccccc4)CC[C@H]3C2)nc1. The molecule has 2 atom stereocenters. The molecule has 0 N–H and O–H groups in total. The molecule has 0 saturated carbocycles. The van der Waals surface area contributed by atoms with Crippen molar-refractivity contribution < 1.29 is 4.39 Å². The minimum absolute atomic E-state index is 0.374. The highest BCUT2D eigenvalue weighted by Crippen LogP contribution is 2.28. The number of hydrogen-bond acceptors (Lipinski definition) is 4. The molecule has 4 rings (SSSR count). The maximum Gasteiger partial charge on any atom is 0.225 e. The largest absolute Gasteiger partial charge is 0.338 e. The Labute approximate surface area is 148 Å². The molecule has 2 aliphatic rings.